The maximum atomic E-state index is 13.0. The molecule has 14 heteroatoms. The van der Waals surface area contributed by atoms with Gasteiger partial charge in [0, 0.05) is 22.5 Å². The summed E-state index contributed by atoms with van der Waals surface area (Å²) in [7, 11) is -2.77. The van der Waals surface area contributed by atoms with E-state index in [0.29, 0.717) is 15.8 Å². The predicted molar refractivity (Wildman–Crippen MR) is 141 cm³/mol. The summed E-state index contributed by atoms with van der Waals surface area (Å²) in [5, 5.41) is 3.32. The molecule has 4 aromatic rings. The van der Waals surface area contributed by atoms with Gasteiger partial charge in [-0.2, -0.15) is 8.42 Å². The highest BCUT2D eigenvalue weighted by Gasteiger charge is 2.36. The molecule has 4 rings (SSSR count). The second-order valence-corrected chi connectivity index (χ2v) is 12.3. The van der Waals surface area contributed by atoms with Crippen molar-refractivity contribution in [2.75, 3.05) is 12.4 Å². The average Bonchev–Trinajstić information content (AvgIpc) is 3.26. The fourth-order valence-corrected chi connectivity index (χ4v) is 5.50. The maximum absolute atomic E-state index is 13.0. The van der Waals surface area contributed by atoms with Gasteiger partial charge in [0.2, 0.25) is 5.88 Å². The molecule has 0 aliphatic rings. The molecular weight excluding hydrogens is 581 g/mol. The fraction of sp³-hybridized carbons (Fsp3) is 0.200. The molecule has 0 saturated heterocycles. The highest BCUT2D eigenvalue weighted by Crippen LogP contribution is 2.35. The number of hydrogen-bond acceptors (Lipinski definition) is 8. The van der Waals surface area contributed by atoms with E-state index in [1.165, 1.54) is 49.4 Å². The predicted octanol–water partition coefficient (Wildman–Crippen LogP) is 7.10. The normalized spacial score (nSPS) is 12.4. The number of rotatable bonds is 8. The number of anilines is 1. The molecule has 39 heavy (non-hydrogen) atoms. The first kappa shape index (κ1) is 28.6. The first-order chi connectivity index (χ1) is 18.2. The van der Waals surface area contributed by atoms with Crippen molar-refractivity contribution in [3.05, 3.63) is 76.3 Å². The van der Waals surface area contributed by atoms with Gasteiger partial charge in [-0.05, 0) is 61.2 Å². The largest absolute Gasteiger partial charge is 0.573 e. The van der Waals surface area contributed by atoms with Crippen LogP contribution < -0.4 is 14.8 Å². The zero-order chi connectivity index (χ0) is 28.6. The molecule has 0 aliphatic carbocycles. The van der Waals surface area contributed by atoms with Crippen molar-refractivity contribution in [1.82, 2.24) is 4.98 Å². The smallest absolute Gasteiger partial charge is 0.439 e. The summed E-state index contributed by atoms with van der Waals surface area (Å²) in [6, 6.07) is 14.3. The van der Waals surface area contributed by atoms with Crippen molar-refractivity contribution in [3.63, 3.8) is 0 Å². The van der Waals surface area contributed by atoms with Crippen LogP contribution in [0.2, 0.25) is 5.15 Å². The summed E-state index contributed by atoms with van der Waals surface area (Å²) in [4.78, 5) is 17.3. The van der Waals surface area contributed by atoms with Crippen LogP contribution in [0.5, 0.6) is 17.4 Å². The van der Waals surface area contributed by atoms with Crippen LogP contribution in [-0.4, -0.2) is 32.8 Å². The first-order valence-electron chi connectivity index (χ1n) is 11.0. The van der Waals surface area contributed by atoms with Crippen LogP contribution in [0.4, 0.5) is 18.9 Å². The summed E-state index contributed by atoms with van der Waals surface area (Å²) >= 11 is 7.26. The van der Waals surface area contributed by atoms with Crippen molar-refractivity contribution in [3.8, 4) is 17.4 Å². The minimum absolute atomic E-state index is 0.00233. The van der Waals surface area contributed by atoms with Gasteiger partial charge in [-0.15, -0.1) is 24.5 Å². The van der Waals surface area contributed by atoms with Gasteiger partial charge in [-0.3, -0.25) is 8.98 Å². The number of alkyl halides is 3. The Kier molecular flexibility index (Phi) is 7.81. The summed E-state index contributed by atoms with van der Waals surface area (Å²) in [6.45, 7) is 3.05. The van der Waals surface area contributed by atoms with Gasteiger partial charge < -0.3 is 14.8 Å². The van der Waals surface area contributed by atoms with E-state index in [4.69, 9.17) is 20.5 Å². The van der Waals surface area contributed by atoms with Gasteiger partial charge in [-0.25, -0.2) is 4.98 Å². The third-order valence-electron chi connectivity index (χ3n) is 5.57. The maximum Gasteiger partial charge on any atom is 0.573 e. The summed E-state index contributed by atoms with van der Waals surface area (Å²) in [6.07, 6.45) is -4.86. The van der Waals surface area contributed by atoms with E-state index in [1.54, 1.807) is 24.3 Å². The van der Waals surface area contributed by atoms with Gasteiger partial charge >= 0.3 is 6.36 Å². The molecule has 1 amide bonds. The van der Waals surface area contributed by atoms with Crippen molar-refractivity contribution < 1.29 is 40.0 Å². The molecule has 0 spiro atoms. The number of pyridine rings is 1. The van der Waals surface area contributed by atoms with Crippen molar-refractivity contribution in [1.29, 1.82) is 0 Å². The van der Waals surface area contributed by atoms with Gasteiger partial charge in [0.25, 0.3) is 16.0 Å². The van der Waals surface area contributed by atoms with E-state index in [-0.39, 0.29) is 22.5 Å². The van der Waals surface area contributed by atoms with Gasteiger partial charge in [0.1, 0.15) is 21.4 Å². The van der Waals surface area contributed by atoms with Crippen molar-refractivity contribution in [2.45, 2.75) is 25.0 Å². The summed E-state index contributed by atoms with van der Waals surface area (Å²) in [5.41, 5.74) is 0.720. The quantitative estimate of drug-likeness (QED) is 0.170. The Morgan fingerprint density at radius 2 is 1.74 bits per heavy atom. The summed E-state index contributed by atoms with van der Waals surface area (Å²) in [5.74, 6) is -1.03. The van der Waals surface area contributed by atoms with E-state index in [9.17, 15) is 26.4 Å². The van der Waals surface area contributed by atoms with Crippen LogP contribution in [0.1, 0.15) is 29.1 Å². The first-order valence-corrected chi connectivity index (χ1v) is 13.6. The second kappa shape index (κ2) is 10.6. The molecule has 2 aromatic heterocycles. The van der Waals surface area contributed by atoms with Crippen LogP contribution in [0.3, 0.4) is 0 Å². The van der Waals surface area contributed by atoms with Crippen LogP contribution in [0, 0.1) is 0 Å². The van der Waals surface area contributed by atoms with E-state index < -0.39 is 32.9 Å². The fourth-order valence-electron chi connectivity index (χ4n) is 3.53. The molecule has 2 aromatic carbocycles. The zero-order valence-corrected chi connectivity index (χ0v) is 22.9. The second-order valence-electron chi connectivity index (χ2n) is 8.59. The van der Waals surface area contributed by atoms with E-state index in [1.807, 2.05) is 0 Å². The Hall–Kier alpha value is -3.39. The highest BCUT2D eigenvalue weighted by atomic mass is 35.5. The Labute approximate surface area is 230 Å². The molecule has 0 aliphatic heterocycles. The number of carbonyl (C=O) groups is 1. The molecular formula is C25H20ClF3N2O6S2. The lowest BCUT2D eigenvalue weighted by Crippen LogP contribution is -2.30. The minimum Gasteiger partial charge on any atom is -0.439 e. The Morgan fingerprint density at radius 1 is 1.03 bits per heavy atom. The number of hydrogen-bond donors (Lipinski definition) is 1. The standard InChI is InChI=1S/C25H20ClF3N2O6S2/c1-24(2,39(33,34)35-3)15-7-8-19-14(9-15)10-20(38-19)23(32)30-16-11-21(26)31-22(12-16)36-17-5-4-6-18(13-17)37-25(27,28)29/h4-13H,1-3H3,(H,30,31,32). The number of aromatic nitrogens is 1. The number of amides is 1. The van der Waals surface area contributed by atoms with E-state index in [2.05, 4.69) is 15.0 Å². The lowest BCUT2D eigenvalue weighted by Gasteiger charge is -2.23. The number of nitrogens with zero attached hydrogens (tertiary/aromatic N) is 1. The number of benzene rings is 2. The van der Waals surface area contributed by atoms with Gasteiger partial charge in [-0.1, -0.05) is 23.7 Å². The molecule has 0 bridgehead atoms. The number of ether oxygens (including phenoxy) is 2. The topological polar surface area (TPSA) is 104 Å². The molecule has 206 valence electrons. The average molecular weight is 601 g/mol. The molecule has 0 unspecified atom stereocenters. The lowest BCUT2D eigenvalue weighted by atomic mass is 10.0. The van der Waals surface area contributed by atoms with Crippen molar-refractivity contribution in [2.24, 2.45) is 0 Å². The molecule has 0 fully saturated rings. The SMILES string of the molecule is COS(=O)(=O)C(C)(C)c1ccc2sc(C(=O)Nc3cc(Cl)nc(Oc4cccc(OC(F)(F)F)c4)c3)cc2c1. The van der Waals surface area contributed by atoms with Gasteiger partial charge in [0.05, 0.1) is 12.0 Å². The number of thiophene rings is 1. The zero-order valence-electron chi connectivity index (χ0n) is 20.5. The molecule has 2 heterocycles. The Bertz CT molecular complexity index is 1660. The molecule has 8 nitrogen and oxygen atoms in total. The number of nitrogens with one attached hydrogen (secondary N) is 1. The highest BCUT2D eigenvalue weighted by molar-refractivity contribution is 7.87. The molecule has 0 atom stereocenters. The number of fused-ring (bicyclic) bond motifs is 1. The summed E-state index contributed by atoms with van der Waals surface area (Å²) < 4.78 is 75.8. The van der Waals surface area contributed by atoms with Crippen molar-refractivity contribution >= 4 is 54.7 Å². The Balaban J connectivity index is 1.54. The van der Waals surface area contributed by atoms with E-state index in [0.717, 1.165) is 23.9 Å². The monoisotopic (exact) mass is 600 g/mol. The minimum atomic E-state index is -4.86. The van der Waals surface area contributed by atoms with Crippen LogP contribution in [-0.2, 0) is 19.0 Å². The Morgan fingerprint density at radius 3 is 2.44 bits per heavy atom. The molecule has 1 N–H and O–H groups in total. The lowest BCUT2D eigenvalue weighted by molar-refractivity contribution is -0.274. The third kappa shape index (κ3) is 6.61. The van der Waals surface area contributed by atoms with Crippen LogP contribution in [0.15, 0.2) is 60.7 Å². The third-order valence-corrected chi connectivity index (χ3v) is 8.80. The number of halogens is 4. The molecule has 0 radical (unpaired) electrons. The van der Waals surface area contributed by atoms with E-state index >= 15 is 0 Å². The number of carbonyl (C=O) groups excluding carboxylic acids is 1. The van der Waals surface area contributed by atoms with Crippen LogP contribution >= 0.6 is 22.9 Å². The van der Waals surface area contributed by atoms with Crippen LogP contribution in [0.25, 0.3) is 10.1 Å². The van der Waals surface area contributed by atoms with Gasteiger partial charge in [0.15, 0.2) is 0 Å². The molecule has 0 saturated carbocycles.